The molecule has 6 aliphatic rings. The van der Waals surface area contributed by atoms with Gasteiger partial charge in [0.05, 0.1) is 23.5 Å². The molecule has 3 heterocycles. The topological polar surface area (TPSA) is 153 Å². The Labute approximate surface area is 348 Å². The minimum Gasteiger partial charge on any atom is -0.344 e. The van der Waals surface area contributed by atoms with Crippen molar-refractivity contribution in [2.45, 2.75) is 170 Å². The van der Waals surface area contributed by atoms with E-state index < -0.39 is 50.4 Å². The van der Waals surface area contributed by atoms with Crippen molar-refractivity contribution >= 4 is 39.5 Å². The Hall–Kier alpha value is -2.64. The minimum atomic E-state index is -4.06. The van der Waals surface area contributed by atoms with Gasteiger partial charge in [0.25, 0.3) is 0 Å². The van der Waals surface area contributed by atoms with Crippen LogP contribution in [0.2, 0.25) is 0 Å². The van der Waals surface area contributed by atoms with Crippen LogP contribution in [0.25, 0.3) is 0 Å². The first-order chi connectivity index (χ1) is 26.8. The van der Waals surface area contributed by atoms with Crippen LogP contribution in [-0.4, -0.2) is 102 Å². The number of nitrogens with zero attached hydrogens (tertiary/aromatic N) is 3. The Bertz CT molecular complexity index is 1790. The highest BCUT2D eigenvalue weighted by molar-refractivity contribution is 7.87. The molecule has 3 amide bonds. The van der Waals surface area contributed by atoms with Gasteiger partial charge in [-0.25, -0.2) is 4.72 Å². The molecule has 0 aromatic heterocycles. The van der Waals surface area contributed by atoms with E-state index in [1.165, 1.54) is 4.31 Å². The van der Waals surface area contributed by atoms with Crippen LogP contribution in [-0.2, 0) is 34.2 Å². The minimum absolute atomic E-state index is 0.0211. The summed E-state index contributed by atoms with van der Waals surface area (Å²) in [6.45, 7) is 26.2. The Kier molecular flexibility index (Phi) is 11.9. The van der Waals surface area contributed by atoms with E-state index in [1.54, 1.807) is 11.0 Å². The molecule has 0 aromatic carbocycles. The number of rotatable bonds is 14. The molecule has 2 N–H and O–H groups in total. The molecule has 58 heavy (non-hydrogen) atoms. The third-order valence-electron chi connectivity index (χ3n) is 16.2. The molecule has 326 valence electrons. The Balaban J connectivity index is 1.27. The zero-order valence-corrected chi connectivity index (χ0v) is 38.0. The van der Waals surface area contributed by atoms with Gasteiger partial charge in [0.15, 0.2) is 11.6 Å². The second-order valence-electron chi connectivity index (χ2n) is 22.0. The van der Waals surface area contributed by atoms with Crippen molar-refractivity contribution in [2.24, 2.45) is 44.3 Å². The number of carbonyl (C=O) groups excluding carboxylic acids is 5. The van der Waals surface area contributed by atoms with Gasteiger partial charge >= 0.3 is 10.2 Å². The summed E-state index contributed by atoms with van der Waals surface area (Å²) in [7, 11) is -4.06. The van der Waals surface area contributed by atoms with Crippen LogP contribution in [0, 0.1) is 44.3 Å². The average Bonchev–Trinajstić information content (AvgIpc) is 3.57. The van der Waals surface area contributed by atoms with Gasteiger partial charge in [0, 0.05) is 49.9 Å². The van der Waals surface area contributed by atoms with Crippen molar-refractivity contribution < 1.29 is 32.4 Å². The van der Waals surface area contributed by atoms with Gasteiger partial charge < -0.3 is 10.2 Å². The van der Waals surface area contributed by atoms with Crippen molar-refractivity contribution in [1.29, 1.82) is 0 Å². The number of ketones is 2. The standard InChI is InChI=1S/C45H73N5O7S/c1-12-30-25-43(30,39(55)47-58(56,57)48-21-15-16-22-48)27-35(52)33-26-45(42(10,11)44(45)19-17-20-44)28-50(33)38(54)31(40(4,5)6)24-34(51)36(41(7,8)9)46-37(53)32-18-13-14-23-49(32)29(2)3/h12,29-33,36H,1,13-28H2,2-11H3,(H,46,53)(H,47,55)/t30-,31-,32+,33+,36-,43-,45-/m1/s1. The van der Waals surface area contributed by atoms with Gasteiger partial charge in [-0.3, -0.25) is 28.9 Å². The molecule has 0 bridgehead atoms. The molecule has 12 nitrogen and oxygen atoms in total. The Morgan fingerprint density at radius 2 is 1.47 bits per heavy atom. The van der Waals surface area contributed by atoms with Crippen molar-refractivity contribution in [3.05, 3.63) is 12.7 Å². The maximum Gasteiger partial charge on any atom is 0.303 e. The monoisotopic (exact) mass is 828 g/mol. The van der Waals surface area contributed by atoms with Crippen LogP contribution >= 0.6 is 0 Å². The van der Waals surface area contributed by atoms with Crippen LogP contribution in [0.1, 0.15) is 146 Å². The average molecular weight is 828 g/mol. The zero-order chi connectivity index (χ0) is 43.0. The lowest BCUT2D eigenvalue weighted by molar-refractivity contribution is -0.147. The SMILES string of the molecule is C=C[C@@H]1C[C@]1(CC(=O)[C@@H]1C[C@@]2(CN1C(=O)[C@@H](CC(=O)[C@@H](NC(=O)[C@@H]1CCCCN1C(C)C)C(C)(C)C)C(C)(C)C)C(C)(C)C21CCC1)C(=O)NS(=O)(=O)N1CCCC1. The molecular formula is C45H73N5O7S. The lowest BCUT2D eigenvalue weighted by Crippen LogP contribution is -2.58. The fourth-order valence-corrected chi connectivity index (χ4v) is 13.4. The smallest absolute Gasteiger partial charge is 0.303 e. The maximum atomic E-state index is 15.3. The molecule has 3 aliphatic carbocycles. The second-order valence-corrected chi connectivity index (χ2v) is 23.6. The number of Topliss-reactive ketones (excluding diaryl/α,β-unsaturated/α-hetero) is 2. The fraction of sp³-hybridized carbons (Fsp3) is 0.844. The number of allylic oxidation sites excluding steroid dienone is 1. The van der Waals surface area contributed by atoms with E-state index in [-0.39, 0.29) is 70.5 Å². The van der Waals surface area contributed by atoms with E-state index in [0.717, 1.165) is 57.9 Å². The highest BCUT2D eigenvalue weighted by Crippen LogP contribution is 2.88. The Morgan fingerprint density at radius 1 is 0.845 bits per heavy atom. The number of nitrogens with one attached hydrogen (secondary N) is 2. The molecule has 2 spiro atoms. The van der Waals surface area contributed by atoms with Gasteiger partial charge in [-0.1, -0.05) is 74.3 Å². The number of hydrogen-bond acceptors (Lipinski definition) is 8. The molecule has 0 radical (unpaired) electrons. The molecule has 3 saturated heterocycles. The molecule has 6 rings (SSSR count). The summed E-state index contributed by atoms with van der Waals surface area (Å²) < 4.78 is 30.0. The van der Waals surface area contributed by atoms with Crippen molar-refractivity contribution in [3.8, 4) is 0 Å². The lowest BCUT2D eigenvalue weighted by atomic mass is 9.73. The van der Waals surface area contributed by atoms with Crippen LogP contribution in [0.3, 0.4) is 0 Å². The van der Waals surface area contributed by atoms with E-state index in [0.29, 0.717) is 32.5 Å². The first-order valence-corrected chi connectivity index (χ1v) is 23.6. The summed E-state index contributed by atoms with van der Waals surface area (Å²) in [5.74, 6) is -2.70. The number of likely N-dealkylation sites (tertiary alicyclic amines) is 2. The summed E-state index contributed by atoms with van der Waals surface area (Å²) in [6.07, 6.45) is 9.44. The summed E-state index contributed by atoms with van der Waals surface area (Å²) >= 11 is 0. The maximum absolute atomic E-state index is 15.3. The molecule has 13 heteroatoms. The van der Waals surface area contributed by atoms with E-state index in [2.05, 4.69) is 49.2 Å². The van der Waals surface area contributed by atoms with Gasteiger partial charge in [-0.15, -0.1) is 6.58 Å². The highest BCUT2D eigenvalue weighted by atomic mass is 32.2. The third kappa shape index (κ3) is 7.53. The van der Waals surface area contributed by atoms with E-state index in [1.807, 2.05) is 41.5 Å². The fourth-order valence-electron chi connectivity index (χ4n) is 12.1. The van der Waals surface area contributed by atoms with E-state index in [4.69, 9.17) is 0 Å². The lowest BCUT2D eigenvalue weighted by Gasteiger charge is -2.40. The van der Waals surface area contributed by atoms with Crippen molar-refractivity contribution in [1.82, 2.24) is 24.1 Å². The normalized spacial score (nSPS) is 31.8. The van der Waals surface area contributed by atoms with Gasteiger partial charge in [-0.2, -0.15) is 12.7 Å². The largest absolute Gasteiger partial charge is 0.344 e. The van der Waals surface area contributed by atoms with Gasteiger partial charge in [0.1, 0.15) is 0 Å². The first kappa shape index (κ1) is 44.9. The van der Waals surface area contributed by atoms with Crippen molar-refractivity contribution in [2.75, 3.05) is 26.2 Å². The van der Waals surface area contributed by atoms with Gasteiger partial charge in [0.2, 0.25) is 17.7 Å². The number of fused-ring (bicyclic) bond motifs is 1. The predicted octanol–water partition coefficient (Wildman–Crippen LogP) is 5.81. The van der Waals surface area contributed by atoms with E-state index in [9.17, 15) is 27.6 Å². The van der Waals surface area contributed by atoms with E-state index >= 15 is 4.79 Å². The number of piperidine rings is 1. The number of hydrogen-bond donors (Lipinski definition) is 2. The molecule has 0 aromatic rings. The number of amides is 3. The molecule has 3 aliphatic heterocycles. The third-order valence-corrected chi connectivity index (χ3v) is 17.7. The molecular weight excluding hydrogens is 755 g/mol. The quantitative estimate of drug-likeness (QED) is 0.208. The summed E-state index contributed by atoms with van der Waals surface area (Å²) in [5.41, 5.74) is -2.91. The molecule has 3 saturated carbocycles. The molecule has 6 fully saturated rings. The second kappa shape index (κ2) is 15.4. The van der Waals surface area contributed by atoms with Crippen LogP contribution in [0.15, 0.2) is 12.7 Å². The van der Waals surface area contributed by atoms with Crippen molar-refractivity contribution in [3.63, 3.8) is 0 Å². The Morgan fingerprint density at radius 3 is 1.97 bits per heavy atom. The zero-order valence-electron chi connectivity index (χ0n) is 37.2. The highest BCUT2D eigenvalue weighted by Gasteiger charge is 2.85. The summed E-state index contributed by atoms with van der Waals surface area (Å²) in [4.78, 5) is 76.5. The molecule has 0 unspecified atom stereocenters. The van der Waals surface area contributed by atoms with Gasteiger partial charge in [-0.05, 0) is 99.3 Å². The first-order valence-electron chi connectivity index (χ1n) is 22.2. The summed E-state index contributed by atoms with van der Waals surface area (Å²) in [6, 6.07) is -1.77. The molecule has 7 atom stereocenters. The number of carbonyl (C=O) groups is 5. The van der Waals surface area contributed by atoms with Crippen LogP contribution < -0.4 is 10.0 Å². The summed E-state index contributed by atoms with van der Waals surface area (Å²) in [5, 5.41) is 3.15. The van der Waals surface area contributed by atoms with Crippen LogP contribution in [0.4, 0.5) is 0 Å². The predicted molar refractivity (Wildman–Crippen MR) is 224 cm³/mol. The van der Waals surface area contributed by atoms with Crippen LogP contribution in [0.5, 0.6) is 0 Å².